The van der Waals surface area contributed by atoms with E-state index in [0.29, 0.717) is 6.54 Å². The molecule has 0 bridgehead atoms. The highest BCUT2D eigenvalue weighted by Crippen LogP contribution is 2.22. The van der Waals surface area contributed by atoms with Crippen LogP contribution in [0.1, 0.15) is 13.3 Å². The molecule has 0 fully saturated rings. The van der Waals surface area contributed by atoms with E-state index in [1.165, 1.54) is 12.1 Å². The van der Waals surface area contributed by atoms with Crippen molar-refractivity contribution in [3.63, 3.8) is 0 Å². The van der Waals surface area contributed by atoms with Crippen LogP contribution < -0.4 is 16.4 Å². The summed E-state index contributed by atoms with van der Waals surface area (Å²) in [7, 11) is 0. The van der Waals surface area contributed by atoms with E-state index in [0.717, 1.165) is 6.42 Å². The molecule has 1 amide bonds. The molecule has 4 N–H and O–H groups in total. The Bertz CT molecular complexity index is 449. The average molecular weight is 253 g/mol. The maximum Gasteiger partial charge on any atom is 0.311 e. The van der Waals surface area contributed by atoms with Gasteiger partial charge >= 0.3 is 5.69 Å². The molecule has 0 aliphatic heterocycles. The van der Waals surface area contributed by atoms with Crippen molar-refractivity contribution in [2.45, 2.75) is 13.3 Å². The lowest BCUT2D eigenvalue weighted by Crippen LogP contribution is -2.30. The van der Waals surface area contributed by atoms with Crippen molar-refractivity contribution in [3.05, 3.63) is 22.2 Å². The Kier molecular flexibility index (Phi) is 4.85. The smallest absolute Gasteiger partial charge is 0.311 e. The topological polar surface area (TPSA) is 123 Å². The van der Waals surface area contributed by atoms with Crippen LogP contribution in [-0.2, 0) is 4.79 Å². The molecule has 1 aromatic rings. The molecule has 0 unspecified atom stereocenters. The van der Waals surface area contributed by atoms with Gasteiger partial charge in [-0.1, -0.05) is 6.92 Å². The summed E-state index contributed by atoms with van der Waals surface area (Å²) in [5.74, 6) is -0.112. The van der Waals surface area contributed by atoms with Gasteiger partial charge in [-0.15, -0.1) is 0 Å². The monoisotopic (exact) mass is 253 g/mol. The Hall–Kier alpha value is -2.38. The van der Waals surface area contributed by atoms with E-state index in [1.807, 2.05) is 6.92 Å². The summed E-state index contributed by atoms with van der Waals surface area (Å²) in [6.07, 6.45) is 0.822. The molecule has 0 aliphatic carbocycles. The van der Waals surface area contributed by atoms with Gasteiger partial charge in [0.15, 0.2) is 0 Å². The minimum absolute atomic E-state index is 0.00773. The summed E-state index contributed by atoms with van der Waals surface area (Å²) in [5.41, 5.74) is 5.22. The van der Waals surface area contributed by atoms with Gasteiger partial charge in [-0.3, -0.25) is 14.9 Å². The first-order chi connectivity index (χ1) is 8.54. The third-order valence-corrected chi connectivity index (χ3v) is 2.08. The summed E-state index contributed by atoms with van der Waals surface area (Å²) in [6, 6.07) is 2.58. The number of hydrogen-bond acceptors (Lipinski definition) is 6. The number of nitrogens with one attached hydrogen (secondary N) is 2. The van der Waals surface area contributed by atoms with Crippen molar-refractivity contribution in [1.29, 1.82) is 0 Å². The number of carbonyl (C=O) groups is 1. The third kappa shape index (κ3) is 3.89. The van der Waals surface area contributed by atoms with Crippen LogP contribution in [0, 0.1) is 10.1 Å². The number of hydrogen-bond donors (Lipinski definition) is 3. The Morgan fingerprint density at radius 2 is 2.28 bits per heavy atom. The SMILES string of the molecule is CCCNC(=O)CNc1nc(N)ccc1[N+](=O)[O-]. The maximum absolute atomic E-state index is 11.3. The molecule has 0 aliphatic rings. The van der Waals surface area contributed by atoms with Crippen molar-refractivity contribution < 1.29 is 9.72 Å². The van der Waals surface area contributed by atoms with Gasteiger partial charge in [0.05, 0.1) is 11.5 Å². The van der Waals surface area contributed by atoms with Crippen LogP contribution >= 0.6 is 0 Å². The lowest BCUT2D eigenvalue weighted by molar-refractivity contribution is -0.384. The van der Waals surface area contributed by atoms with Gasteiger partial charge in [-0.2, -0.15) is 0 Å². The lowest BCUT2D eigenvalue weighted by atomic mass is 10.3. The predicted molar refractivity (Wildman–Crippen MR) is 67.1 cm³/mol. The average Bonchev–Trinajstić information content (AvgIpc) is 2.33. The molecule has 1 rings (SSSR count). The number of pyridine rings is 1. The summed E-state index contributed by atoms with van der Waals surface area (Å²) >= 11 is 0. The fraction of sp³-hybridized carbons (Fsp3) is 0.400. The fourth-order valence-electron chi connectivity index (χ4n) is 1.24. The lowest BCUT2D eigenvalue weighted by Gasteiger charge is -2.07. The predicted octanol–water partition coefficient (Wildman–Crippen LogP) is 0.510. The van der Waals surface area contributed by atoms with Crippen molar-refractivity contribution in [1.82, 2.24) is 10.3 Å². The molecule has 0 saturated carbocycles. The molecule has 1 heterocycles. The van der Waals surface area contributed by atoms with Crippen LogP contribution in [0.2, 0.25) is 0 Å². The van der Waals surface area contributed by atoms with E-state index in [4.69, 9.17) is 5.73 Å². The van der Waals surface area contributed by atoms with Gasteiger partial charge in [0.2, 0.25) is 11.7 Å². The van der Waals surface area contributed by atoms with Gasteiger partial charge in [-0.25, -0.2) is 4.98 Å². The Balaban J connectivity index is 2.68. The van der Waals surface area contributed by atoms with Crippen LogP contribution in [0.25, 0.3) is 0 Å². The van der Waals surface area contributed by atoms with Gasteiger partial charge in [0, 0.05) is 12.6 Å². The molecule has 8 nitrogen and oxygen atoms in total. The molecule has 0 spiro atoms. The molecular formula is C10H15N5O3. The highest BCUT2D eigenvalue weighted by Gasteiger charge is 2.15. The zero-order chi connectivity index (χ0) is 13.5. The number of nitro groups is 1. The van der Waals surface area contributed by atoms with Crippen molar-refractivity contribution in [2.75, 3.05) is 24.1 Å². The normalized spacial score (nSPS) is 9.83. The minimum Gasteiger partial charge on any atom is -0.384 e. The highest BCUT2D eigenvalue weighted by atomic mass is 16.6. The first kappa shape index (κ1) is 13.7. The van der Waals surface area contributed by atoms with Gasteiger partial charge in [0.1, 0.15) is 5.82 Å². The second-order valence-electron chi connectivity index (χ2n) is 3.56. The Morgan fingerprint density at radius 1 is 1.56 bits per heavy atom. The summed E-state index contributed by atoms with van der Waals surface area (Å²) in [6.45, 7) is 2.41. The Morgan fingerprint density at radius 3 is 2.89 bits per heavy atom. The van der Waals surface area contributed by atoms with E-state index in [-0.39, 0.29) is 29.8 Å². The molecule has 1 aromatic heterocycles. The molecule has 8 heteroatoms. The van der Waals surface area contributed by atoms with Crippen LogP contribution in [0.3, 0.4) is 0 Å². The minimum atomic E-state index is -0.585. The van der Waals surface area contributed by atoms with E-state index >= 15 is 0 Å². The molecule has 0 radical (unpaired) electrons. The zero-order valence-electron chi connectivity index (χ0n) is 9.97. The van der Waals surface area contributed by atoms with Crippen LogP contribution in [0.15, 0.2) is 12.1 Å². The number of rotatable bonds is 6. The van der Waals surface area contributed by atoms with E-state index in [2.05, 4.69) is 15.6 Å². The van der Waals surface area contributed by atoms with Crippen LogP contribution in [-0.4, -0.2) is 28.9 Å². The van der Waals surface area contributed by atoms with Crippen LogP contribution in [0.4, 0.5) is 17.3 Å². The second-order valence-corrected chi connectivity index (χ2v) is 3.56. The fourth-order valence-corrected chi connectivity index (χ4v) is 1.24. The number of aromatic nitrogens is 1. The molecule has 98 valence electrons. The molecule has 0 aromatic carbocycles. The largest absolute Gasteiger partial charge is 0.384 e. The van der Waals surface area contributed by atoms with Crippen LogP contribution in [0.5, 0.6) is 0 Å². The first-order valence-electron chi connectivity index (χ1n) is 5.46. The quantitative estimate of drug-likeness (QED) is 0.501. The number of carbonyl (C=O) groups excluding carboxylic acids is 1. The number of nitrogen functional groups attached to an aromatic ring is 1. The Labute approximate surface area is 104 Å². The highest BCUT2D eigenvalue weighted by molar-refractivity contribution is 5.81. The van der Waals surface area contributed by atoms with E-state index in [1.54, 1.807) is 0 Å². The van der Waals surface area contributed by atoms with Gasteiger partial charge in [0.25, 0.3) is 0 Å². The summed E-state index contributed by atoms with van der Waals surface area (Å²) in [5, 5.41) is 16.0. The van der Waals surface area contributed by atoms with E-state index < -0.39 is 4.92 Å². The first-order valence-corrected chi connectivity index (χ1v) is 5.46. The molecule has 0 atom stereocenters. The van der Waals surface area contributed by atoms with Crippen molar-refractivity contribution in [2.24, 2.45) is 0 Å². The number of nitrogens with two attached hydrogens (primary N) is 1. The summed E-state index contributed by atoms with van der Waals surface area (Å²) < 4.78 is 0. The standard InChI is InChI=1S/C10H15N5O3/c1-2-5-12-9(16)6-13-10-7(15(17)18)3-4-8(11)14-10/h3-4H,2,5-6H2,1H3,(H,12,16)(H3,11,13,14). The molecule has 18 heavy (non-hydrogen) atoms. The third-order valence-electron chi connectivity index (χ3n) is 2.08. The summed E-state index contributed by atoms with van der Waals surface area (Å²) in [4.78, 5) is 25.3. The second kappa shape index (κ2) is 6.38. The van der Waals surface area contributed by atoms with Gasteiger partial charge in [-0.05, 0) is 12.5 Å². The van der Waals surface area contributed by atoms with Crippen molar-refractivity contribution in [3.8, 4) is 0 Å². The number of amides is 1. The van der Waals surface area contributed by atoms with Gasteiger partial charge < -0.3 is 16.4 Å². The van der Waals surface area contributed by atoms with Crippen molar-refractivity contribution >= 4 is 23.2 Å². The number of nitrogens with zero attached hydrogens (tertiary/aromatic N) is 2. The number of anilines is 2. The zero-order valence-corrected chi connectivity index (χ0v) is 9.97. The van der Waals surface area contributed by atoms with E-state index in [9.17, 15) is 14.9 Å². The molecule has 0 saturated heterocycles. The maximum atomic E-state index is 11.3. The molecular weight excluding hydrogens is 238 g/mol.